The van der Waals surface area contributed by atoms with Gasteiger partial charge in [0.1, 0.15) is 5.71 Å². The summed E-state index contributed by atoms with van der Waals surface area (Å²) in [4.78, 5) is 25.1. The van der Waals surface area contributed by atoms with Gasteiger partial charge in [0, 0.05) is 25.9 Å². The number of hydrogen-bond donors (Lipinski definition) is 1. The fourth-order valence-electron chi connectivity index (χ4n) is 2.59. The van der Waals surface area contributed by atoms with Gasteiger partial charge in [-0.3, -0.25) is 9.59 Å². The molecule has 1 atom stereocenters. The Labute approximate surface area is 108 Å². The van der Waals surface area contributed by atoms with Crippen LogP contribution >= 0.6 is 0 Å². The van der Waals surface area contributed by atoms with Gasteiger partial charge in [0.25, 0.3) is 5.91 Å². The molecule has 5 heteroatoms. The summed E-state index contributed by atoms with van der Waals surface area (Å²) in [7, 11) is 0. The number of carbonyl (C=O) groups excluding carboxylic acids is 2. The van der Waals surface area contributed by atoms with E-state index in [1.165, 1.54) is 12.8 Å². The number of rotatable bonds is 2. The van der Waals surface area contributed by atoms with E-state index in [0.717, 1.165) is 31.8 Å². The maximum atomic E-state index is 12.3. The topological polar surface area (TPSA) is 61.8 Å². The van der Waals surface area contributed by atoms with Gasteiger partial charge in [0.2, 0.25) is 5.91 Å². The van der Waals surface area contributed by atoms with E-state index in [4.69, 9.17) is 0 Å². The van der Waals surface area contributed by atoms with E-state index < -0.39 is 0 Å². The second-order valence-electron chi connectivity index (χ2n) is 5.09. The van der Waals surface area contributed by atoms with Gasteiger partial charge >= 0.3 is 0 Å². The van der Waals surface area contributed by atoms with Gasteiger partial charge in [-0.1, -0.05) is 13.3 Å². The van der Waals surface area contributed by atoms with Crippen LogP contribution in [0, 0.1) is 5.92 Å². The Morgan fingerprint density at radius 3 is 2.89 bits per heavy atom. The Morgan fingerprint density at radius 1 is 1.39 bits per heavy atom. The Kier molecular flexibility index (Phi) is 4.33. The number of hydrogen-bond acceptors (Lipinski definition) is 3. The standard InChI is InChI=1S/C13H21N3O2/c1-2-10-4-3-8-16(9-7-10)13(18)11-5-6-12(17)15-14-11/h10H,2-9H2,1H3,(H,15,17). The molecule has 0 bridgehead atoms. The summed E-state index contributed by atoms with van der Waals surface area (Å²) < 4.78 is 0. The minimum Gasteiger partial charge on any atom is -0.338 e. The van der Waals surface area contributed by atoms with Crippen LogP contribution in [0.5, 0.6) is 0 Å². The monoisotopic (exact) mass is 251 g/mol. The van der Waals surface area contributed by atoms with Crippen molar-refractivity contribution in [1.29, 1.82) is 0 Å². The van der Waals surface area contributed by atoms with E-state index in [1.807, 2.05) is 4.90 Å². The third kappa shape index (κ3) is 3.09. The molecular formula is C13H21N3O2. The molecule has 1 saturated heterocycles. The zero-order valence-corrected chi connectivity index (χ0v) is 10.9. The predicted octanol–water partition coefficient (Wildman–Crippen LogP) is 1.29. The largest absolute Gasteiger partial charge is 0.338 e. The molecule has 2 aliphatic heterocycles. The third-order valence-electron chi connectivity index (χ3n) is 3.86. The van der Waals surface area contributed by atoms with Gasteiger partial charge < -0.3 is 4.90 Å². The van der Waals surface area contributed by atoms with E-state index in [0.29, 0.717) is 18.6 Å². The van der Waals surface area contributed by atoms with Gasteiger partial charge in [0.15, 0.2) is 0 Å². The minimum absolute atomic E-state index is 0.00625. The van der Waals surface area contributed by atoms with Crippen LogP contribution in [0.25, 0.3) is 0 Å². The molecule has 0 aromatic heterocycles. The molecule has 2 heterocycles. The number of hydrazone groups is 1. The van der Waals surface area contributed by atoms with Crippen molar-refractivity contribution in [2.75, 3.05) is 13.1 Å². The highest BCUT2D eigenvalue weighted by molar-refractivity contribution is 6.39. The number of carbonyl (C=O) groups is 2. The first-order chi connectivity index (χ1) is 8.70. The summed E-state index contributed by atoms with van der Waals surface area (Å²) in [6.07, 6.45) is 5.41. The molecule has 0 spiro atoms. The lowest BCUT2D eigenvalue weighted by Gasteiger charge is -2.22. The highest BCUT2D eigenvalue weighted by Gasteiger charge is 2.25. The Morgan fingerprint density at radius 2 is 2.22 bits per heavy atom. The maximum absolute atomic E-state index is 12.3. The van der Waals surface area contributed by atoms with Crippen LogP contribution in [-0.4, -0.2) is 35.5 Å². The van der Waals surface area contributed by atoms with Crippen LogP contribution in [0.4, 0.5) is 0 Å². The van der Waals surface area contributed by atoms with Crippen LogP contribution in [0.2, 0.25) is 0 Å². The van der Waals surface area contributed by atoms with Crippen molar-refractivity contribution >= 4 is 17.5 Å². The number of nitrogens with zero attached hydrogens (tertiary/aromatic N) is 2. The SMILES string of the molecule is CCC1CCCN(C(=O)C2=NNC(=O)CC2)CC1. The van der Waals surface area contributed by atoms with Crippen molar-refractivity contribution < 1.29 is 9.59 Å². The minimum atomic E-state index is -0.103. The van der Waals surface area contributed by atoms with Gasteiger partial charge in [-0.05, 0) is 25.2 Å². The molecule has 0 aromatic rings. The molecule has 2 amide bonds. The Hall–Kier alpha value is -1.39. The maximum Gasteiger partial charge on any atom is 0.270 e. The molecule has 18 heavy (non-hydrogen) atoms. The lowest BCUT2D eigenvalue weighted by atomic mass is 9.98. The highest BCUT2D eigenvalue weighted by atomic mass is 16.2. The summed E-state index contributed by atoms with van der Waals surface area (Å²) in [6.45, 7) is 3.86. The van der Waals surface area contributed by atoms with Crippen molar-refractivity contribution in [3.05, 3.63) is 0 Å². The smallest absolute Gasteiger partial charge is 0.270 e. The molecule has 1 fully saturated rings. The second-order valence-corrected chi connectivity index (χ2v) is 5.09. The van der Waals surface area contributed by atoms with Crippen LogP contribution in [0.15, 0.2) is 5.10 Å². The van der Waals surface area contributed by atoms with Crippen molar-refractivity contribution in [1.82, 2.24) is 10.3 Å². The zero-order valence-electron chi connectivity index (χ0n) is 10.9. The molecule has 0 aromatic carbocycles. The van der Waals surface area contributed by atoms with Gasteiger partial charge in [-0.25, -0.2) is 5.43 Å². The van der Waals surface area contributed by atoms with Gasteiger partial charge in [0.05, 0.1) is 0 Å². The number of likely N-dealkylation sites (tertiary alicyclic amines) is 1. The van der Waals surface area contributed by atoms with E-state index in [9.17, 15) is 9.59 Å². The quantitative estimate of drug-likeness (QED) is 0.804. The molecular weight excluding hydrogens is 230 g/mol. The van der Waals surface area contributed by atoms with Crippen LogP contribution < -0.4 is 5.43 Å². The molecule has 0 saturated carbocycles. The fraction of sp³-hybridized carbons (Fsp3) is 0.769. The van der Waals surface area contributed by atoms with Crippen LogP contribution in [0.1, 0.15) is 45.4 Å². The molecule has 100 valence electrons. The molecule has 2 aliphatic rings. The van der Waals surface area contributed by atoms with Crippen molar-refractivity contribution in [3.63, 3.8) is 0 Å². The summed E-state index contributed by atoms with van der Waals surface area (Å²) in [5.41, 5.74) is 2.89. The lowest BCUT2D eigenvalue weighted by Crippen LogP contribution is -2.40. The summed E-state index contributed by atoms with van der Waals surface area (Å²) in [6, 6.07) is 0. The first-order valence-corrected chi connectivity index (χ1v) is 6.85. The van der Waals surface area contributed by atoms with Crippen LogP contribution in [-0.2, 0) is 9.59 Å². The van der Waals surface area contributed by atoms with E-state index >= 15 is 0 Å². The molecule has 0 aliphatic carbocycles. The predicted molar refractivity (Wildman–Crippen MR) is 69.0 cm³/mol. The van der Waals surface area contributed by atoms with E-state index in [2.05, 4.69) is 17.5 Å². The summed E-state index contributed by atoms with van der Waals surface area (Å²) >= 11 is 0. The van der Waals surface area contributed by atoms with Crippen LogP contribution in [0.3, 0.4) is 0 Å². The zero-order chi connectivity index (χ0) is 13.0. The normalized spacial score (nSPS) is 25.2. The molecule has 5 nitrogen and oxygen atoms in total. The first-order valence-electron chi connectivity index (χ1n) is 6.85. The second kappa shape index (κ2) is 5.98. The molecule has 1 N–H and O–H groups in total. The summed E-state index contributed by atoms with van der Waals surface area (Å²) in [5, 5.41) is 3.88. The lowest BCUT2D eigenvalue weighted by molar-refractivity contribution is -0.124. The van der Waals surface area contributed by atoms with E-state index in [1.54, 1.807) is 0 Å². The first kappa shape index (κ1) is 13.1. The average Bonchev–Trinajstić information content (AvgIpc) is 2.64. The van der Waals surface area contributed by atoms with Crippen molar-refractivity contribution in [3.8, 4) is 0 Å². The van der Waals surface area contributed by atoms with Gasteiger partial charge in [-0.15, -0.1) is 0 Å². The Balaban J connectivity index is 1.94. The third-order valence-corrected chi connectivity index (χ3v) is 3.86. The molecule has 0 radical (unpaired) electrons. The molecule has 1 unspecified atom stereocenters. The van der Waals surface area contributed by atoms with Gasteiger partial charge in [-0.2, -0.15) is 5.10 Å². The Bertz CT molecular complexity index is 365. The fourth-order valence-corrected chi connectivity index (χ4v) is 2.59. The summed E-state index contributed by atoms with van der Waals surface area (Å²) in [5.74, 6) is 0.649. The average molecular weight is 251 g/mol. The molecule has 2 rings (SSSR count). The number of nitrogens with one attached hydrogen (secondary N) is 1. The number of amides is 2. The van der Waals surface area contributed by atoms with Crippen molar-refractivity contribution in [2.45, 2.75) is 45.4 Å². The highest BCUT2D eigenvalue weighted by Crippen LogP contribution is 2.20. The van der Waals surface area contributed by atoms with E-state index in [-0.39, 0.29) is 11.8 Å². The van der Waals surface area contributed by atoms with Crippen molar-refractivity contribution in [2.24, 2.45) is 11.0 Å².